The number of hydroxylamine groups is 1. The van der Waals surface area contributed by atoms with Gasteiger partial charge in [0.15, 0.2) is 0 Å². The molecule has 0 spiro atoms. The van der Waals surface area contributed by atoms with Crippen LogP contribution in [0, 0.1) is 5.92 Å². The Kier molecular flexibility index (Phi) is 7.82. The zero-order valence-electron chi connectivity index (χ0n) is 12.4. The molecular formula is C14H30N2O2. The standard InChI is InChI=1S/C14H30N2O2/c1-5-18-15-13(3)16(4)10-11-17-14-8-6-12(2)7-9-14/h12-15H,5-11H2,1-4H3. The van der Waals surface area contributed by atoms with Gasteiger partial charge in [0.25, 0.3) is 0 Å². The van der Waals surface area contributed by atoms with E-state index < -0.39 is 0 Å². The molecule has 0 bridgehead atoms. The molecule has 0 aromatic heterocycles. The highest BCUT2D eigenvalue weighted by atomic mass is 16.6. The molecule has 1 N–H and O–H groups in total. The highest BCUT2D eigenvalue weighted by molar-refractivity contribution is 4.70. The summed E-state index contributed by atoms with van der Waals surface area (Å²) < 4.78 is 5.95. The van der Waals surface area contributed by atoms with Crippen LogP contribution in [-0.2, 0) is 9.57 Å². The van der Waals surface area contributed by atoms with E-state index >= 15 is 0 Å². The van der Waals surface area contributed by atoms with Gasteiger partial charge < -0.3 is 9.57 Å². The molecule has 1 aliphatic carbocycles. The summed E-state index contributed by atoms with van der Waals surface area (Å²) in [6.07, 6.45) is 5.82. The van der Waals surface area contributed by atoms with Crippen molar-refractivity contribution in [3.8, 4) is 0 Å². The molecule has 18 heavy (non-hydrogen) atoms. The summed E-state index contributed by atoms with van der Waals surface area (Å²) >= 11 is 0. The van der Waals surface area contributed by atoms with E-state index in [-0.39, 0.29) is 6.17 Å². The van der Waals surface area contributed by atoms with Crippen molar-refractivity contribution in [3.63, 3.8) is 0 Å². The van der Waals surface area contributed by atoms with Gasteiger partial charge in [-0.1, -0.05) is 6.92 Å². The first-order chi connectivity index (χ1) is 8.63. The van der Waals surface area contributed by atoms with Gasteiger partial charge in [-0.2, -0.15) is 5.48 Å². The molecule has 1 rings (SSSR count). The highest BCUT2D eigenvalue weighted by Gasteiger charge is 2.18. The van der Waals surface area contributed by atoms with Crippen LogP contribution in [0.15, 0.2) is 0 Å². The molecule has 1 saturated carbocycles. The predicted octanol–water partition coefficient (Wildman–Crippen LogP) is 2.40. The van der Waals surface area contributed by atoms with Gasteiger partial charge in [0, 0.05) is 6.54 Å². The second-order valence-corrected chi connectivity index (χ2v) is 5.46. The fourth-order valence-electron chi connectivity index (χ4n) is 2.25. The number of hydrogen-bond acceptors (Lipinski definition) is 4. The average Bonchev–Trinajstić information content (AvgIpc) is 2.38. The molecular weight excluding hydrogens is 228 g/mol. The number of nitrogens with zero attached hydrogens (tertiary/aromatic N) is 1. The summed E-state index contributed by atoms with van der Waals surface area (Å²) in [6.45, 7) is 8.85. The first-order valence-corrected chi connectivity index (χ1v) is 7.32. The molecule has 108 valence electrons. The number of hydrogen-bond donors (Lipinski definition) is 1. The summed E-state index contributed by atoms with van der Waals surface area (Å²) in [7, 11) is 2.09. The lowest BCUT2D eigenvalue weighted by Gasteiger charge is -2.28. The first kappa shape index (κ1) is 15.9. The molecule has 4 nitrogen and oxygen atoms in total. The van der Waals surface area contributed by atoms with E-state index in [1.54, 1.807) is 0 Å². The van der Waals surface area contributed by atoms with Crippen LogP contribution in [0.1, 0.15) is 46.5 Å². The summed E-state index contributed by atoms with van der Waals surface area (Å²) in [6, 6.07) is 0. The summed E-state index contributed by atoms with van der Waals surface area (Å²) in [4.78, 5) is 7.40. The third-order valence-electron chi connectivity index (χ3n) is 3.82. The molecule has 0 radical (unpaired) electrons. The lowest BCUT2D eigenvalue weighted by atomic mass is 9.89. The summed E-state index contributed by atoms with van der Waals surface area (Å²) in [5, 5.41) is 0. The van der Waals surface area contributed by atoms with Crippen molar-refractivity contribution < 1.29 is 9.57 Å². The maximum Gasteiger partial charge on any atom is 0.0807 e. The normalized spacial score (nSPS) is 26.5. The van der Waals surface area contributed by atoms with Crippen LogP contribution >= 0.6 is 0 Å². The highest BCUT2D eigenvalue weighted by Crippen LogP contribution is 2.25. The minimum Gasteiger partial charge on any atom is -0.377 e. The van der Waals surface area contributed by atoms with Crippen molar-refractivity contribution in [1.82, 2.24) is 10.4 Å². The third kappa shape index (κ3) is 6.14. The molecule has 0 saturated heterocycles. The predicted molar refractivity (Wildman–Crippen MR) is 74.2 cm³/mol. The van der Waals surface area contributed by atoms with Crippen molar-refractivity contribution in [1.29, 1.82) is 0 Å². The van der Waals surface area contributed by atoms with Crippen molar-refractivity contribution in [2.45, 2.75) is 58.7 Å². The van der Waals surface area contributed by atoms with Gasteiger partial charge in [0.2, 0.25) is 0 Å². The lowest BCUT2D eigenvalue weighted by molar-refractivity contribution is -0.0323. The second kappa shape index (κ2) is 8.86. The Morgan fingerprint density at radius 3 is 2.56 bits per heavy atom. The van der Waals surface area contributed by atoms with Gasteiger partial charge in [-0.05, 0) is 52.5 Å². The van der Waals surface area contributed by atoms with Crippen LogP contribution < -0.4 is 5.48 Å². The molecule has 1 unspecified atom stereocenters. The quantitative estimate of drug-likeness (QED) is 0.535. The minimum absolute atomic E-state index is 0.222. The molecule has 0 heterocycles. The van der Waals surface area contributed by atoms with E-state index in [1.807, 2.05) is 6.92 Å². The van der Waals surface area contributed by atoms with Crippen molar-refractivity contribution in [3.05, 3.63) is 0 Å². The third-order valence-corrected chi connectivity index (χ3v) is 3.82. The van der Waals surface area contributed by atoms with E-state index in [0.29, 0.717) is 12.7 Å². The SMILES string of the molecule is CCONC(C)N(C)CCOC1CCC(C)CC1. The van der Waals surface area contributed by atoms with E-state index in [4.69, 9.17) is 9.57 Å². The molecule has 4 heteroatoms. The smallest absolute Gasteiger partial charge is 0.0807 e. The average molecular weight is 258 g/mol. The number of likely N-dealkylation sites (N-methyl/N-ethyl adjacent to an activating group) is 1. The van der Waals surface area contributed by atoms with Crippen LogP contribution in [0.5, 0.6) is 0 Å². The Morgan fingerprint density at radius 1 is 1.28 bits per heavy atom. The monoisotopic (exact) mass is 258 g/mol. The van der Waals surface area contributed by atoms with Gasteiger partial charge in [-0.3, -0.25) is 4.90 Å². The largest absolute Gasteiger partial charge is 0.377 e. The molecule has 0 aliphatic heterocycles. The van der Waals surface area contributed by atoms with E-state index in [0.717, 1.165) is 19.1 Å². The Morgan fingerprint density at radius 2 is 1.94 bits per heavy atom. The van der Waals surface area contributed by atoms with Crippen LogP contribution in [0.2, 0.25) is 0 Å². The summed E-state index contributed by atoms with van der Waals surface area (Å²) in [5.74, 6) is 0.892. The van der Waals surface area contributed by atoms with E-state index in [1.165, 1.54) is 25.7 Å². The fraction of sp³-hybridized carbons (Fsp3) is 1.00. The van der Waals surface area contributed by atoms with Gasteiger partial charge in [0.05, 0.1) is 25.5 Å². The van der Waals surface area contributed by atoms with Gasteiger partial charge in [-0.15, -0.1) is 0 Å². The molecule has 1 atom stereocenters. The molecule has 0 amide bonds. The summed E-state index contributed by atoms with van der Waals surface area (Å²) in [5.41, 5.74) is 3.00. The first-order valence-electron chi connectivity index (χ1n) is 7.32. The van der Waals surface area contributed by atoms with Crippen molar-refractivity contribution >= 4 is 0 Å². The van der Waals surface area contributed by atoms with E-state index in [2.05, 4.69) is 31.3 Å². The van der Waals surface area contributed by atoms with Gasteiger partial charge in [0.1, 0.15) is 0 Å². The van der Waals surface area contributed by atoms with Crippen LogP contribution in [0.3, 0.4) is 0 Å². The number of nitrogens with one attached hydrogen (secondary N) is 1. The second-order valence-electron chi connectivity index (χ2n) is 5.46. The zero-order valence-corrected chi connectivity index (χ0v) is 12.4. The maximum atomic E-state index is 5.95. The number of ether oxygens (including phenoxy) is 1. The molecule has 1 fully saturated rings. The van der Waals surface area contributed by atoms with E-state index in [9.17, 15) is 0 Å². The Hall–Kier alpha value is -0.160. The Balaban J connectivity index is 2.06. The van der Waals surface area contributed by atoms with Crippen LogP contribution in [0.4, 0.5) is 0 Å². The maximum absolute atomic E-state index is 5.95. The van der Waals surface area contributed by atoms with Crippen molar-refractivity contribution in [2.24, 2.45) is 5.92 Å². The van der Waals surface area contributed by atoms with Crippen LogP contribution in [0.25, 0.3) is 0 Å². The van der Waals surface area contributed by atoms with Crippen LogP contribution in [-0.4, -0.2) is 44.0 Å². The Bertz CT molecular complexity index is 206. The molecule has 1 aliphatic rings. The van der Waals surface area contributed by atoms with Crippen molar-refractivity contribution in [2.75, 3.05) is 26.8 Å². The molecule has 0 aromatic rings. The van der Waals surface area contributed by atoms with Gasteiger partial charge >= 0.3 is 0 Å². The zero-order chi connectivity index (χ0) is 13.4. The lowest BCUT2D eigenvalue weighted by Crippen LogP contribution is -2.43. The Labute approximate surface area is 112 Å². The molecule has 0 aromatic carbocycles. The topological polar surface area (TPSA) is 33.7 Å². The fourth-order valence-corrected chi connectivity index (χ4v) is 2.25. The van der Waals surface area contributed by atoms with Gasteiger partial charge in [-0.25, -0.2) is 0 Å². The number of rotatable bonds is 8. The minimum atomic E-state index is 0.222.